The van der Waals surface area contributed by atoms with Gasteiger partial charge in [-0.2, -0.15) is 18.9 Å². The number of likely N-dealkylation sites (tertiary alicyclic amines) is 2. The van der Waals surface area contributed by atoms with Gasteiger partial charge < -0.3 is 15.1 Å². The van der Waals surface area contributed by atoms with E-state index < -0.39 is 10.1 Å². The zero-order chi connectivity index (χ0) is 19.7. The quantitative estimate of drug-likeness (QED) is 0.370. The van der Waals surface area contributed by atoms with Crippen LogP contribution in [0.2, 0.25) is 0 Å². The molecule has 0 spiro atoms. The standard InChI is InChI=1S/C18H29N5O3S/c1-27(24,25)26-13-5-8-21-18(16(14-19)15-20)23-11-6-17(7-12-23)22-9-3-2-4-10-22/h17,21H,2-13H2,1H3. The summed E-state index contributed by atoms with van der Waals surface area (Å²) < 4.78 is 26.7. The Kier molecular flexibility index (Phi) is 8.36. The molecule has 8 nitrogen and oxygen atoms in total. The summed E-state index contributed by atoms with van der Waals surface area (Å²) in [7, 11) is -3.45. The second kappa shape index (κ2) is 10.5. The Balaban J connectivity index is 1.89. The third-order valence-corrected chi connectivity index (χ3v) is 5.65. The molecule has 0 saturated carbocycles. The maximum absolute atomic E-state index is 11.0. The summed E-state index contributed by atoms with van der Waals surface area (Å²) in [4.78, 5) is 4.65. The summed E-state index contributed by atoms with van der Waals surface area (Å²) in [5.41, 5.74) is 0.0652. The molecule has 2 rings (SSSR count). The van der Waals surface area contributed by atoms with Crippen LogP contribution in [0.5, 0.6) is 0 Å². The van der Waals surface area contributed by atoms with Gasteiger partial charge >= 0.3 is 0 Å². The molecule has 2 aliphatic heterocycles. The molecule has 0 radical (unpaired) electrons. The summed E-state index contributed by atoms with van der Waals surface area (Å²) >= 11 is 0. The van der Waals surface area contributed by atoms with E-state index in [-0.39, 0.29) is 12.2 Å². The van der Waals surface area contributed by atoms with Gasteiger partial charge in [-0.1, -0.05) is 6.42 Å². The van der Waals surface area contributed by atoms with Crippen LogP contribution in [0.15, 0.2) is 11.4 Å². The molecule has 0 bridgehead atoms. The van der Waals surface area contributed by atoms with Crippen molar-refractivity contribution in [3.63, 3.8) is 0 Å². The van der Waals surface area contributed by atoms with Gasteiger partial charge in [0.25, 0.3) is 10.1 Å². The fraction of sp³-hybridized carbons (Fsp3) is 0.778. The van der Waals surface area contributed by atoms with Crippen molar-refractivity contribution in [3.05, 3.63) is 11.4 Å². The molecule has 0 amide bonds. The van der Waals surface area contributed by atoms with Crippen LogP contribution < -0.4 is 5.32 Å². The van der Waals surface area contributed by atoms with Crippen molar-refractivity contribution in [1.29, 1.82) is 10.5 Å². The van der Waals surface area contributed by atoms with Crippen LogP contribution in [0, 0.1) is 22.7 Å². The van der Waals surface area contributed by atoms with Gasteiger partial charge in [0.05, 0.1) is 12.9 Å². The highest BCUT2D eigenvalue weighted by Gasteiger charge is 2.27. The Morgan fingerprint density at radius 1 is 1.11 bits per heavy atom. The van der Waals surface area contributed by atoms with Crippen LogP contribution >= 0.6 is 0 Å². The molecule has 2 saturated heterocycles. The van der Waals surface area contributed by atoms with Gasteiger partial charge in [0.2, 0.25) is 0 Å². The van der Waals surface area contributed by atoms with Gasteiger partial charge in [-0.15, -0.1) is 0 Å². The number of piperidine rings is 2. The summed E-state index contributed by atoms with van der Waals surface area (Å²) in [6.45, 7) is 4.46. The van der Waals surface area contributed by atoms with Crippen LogP contribution in [0.3, 0.4) is 0 Å². The Morgan fingerprint density at radius 3 is 2.30 bits per heavy atom. The summed E-state index contributed by atoms with van der Waals surface area (Å²) in [5, 5.41) is 21.7. The predicted molar refractivity (Wildman–Crippen MR) is 102 cm³/mol. The van der Waals surface area contributed by atoms with Crippen molar-refractivity contribution in [2.24, 2.45) is 0 Å². The largest absolute Gasteiger partial charge is 0.370 e. The molecule has 0 aromatic carbocycles. The molecule has 0 aliphatic carbocycles. The lowest BCUT2D eigenvalue weighted by atomic mass is 9.99. The van der Waals surface area contributed by atoms with E-state index >= 15 is 0 Å². The van der Waals surface area contributed by atoms with Gasteiger partial charge in [0.15, 0.2) is 5.57 Å². The highest BCUT2D eigenvalue weighted by Crippen LogP contribution is 2.23. The number of nitrogens with zero attached hydrogens (tertiary/aromatic N) is 4. The van der Waals surface area contributed by atoms with E-state index in [4.69, 9.17) is 4.18 Å². The minimum absolute atomic E-state index is 0.0652. The lowest BCUT2D eigenvalue weighted by Crippen LogP contribution is -2.48. The van der Waals surface area contributed by atoms with E-state index in [0.717, 1.165) is 32.2 Å². The molecule has 2 heterocycles. The van der Waals surface area contributed by atoms with Crippen molar-refractivity contribution in [2.75, 3.05) is 45.6 Å². The Hall–Kier alpha value is -1.81. The maximum atomic E-state index is 11.0. The third-order valence-electron chi connectivity index (χ3n) is 5.06. The zero-order valence-corrected chi connectivity index (χ0v) is 16.8. The Morgan fingerprint density at radius 2 is 1.74 bits per heavy atom. The fourth-order valence-electron chi connectivity index (χ4n) is 3.72. The van der Waals surface area contributed by atoms with Crippen molar-refractivity contribution < 1.29 is 12.6 Å². The SMILES string of the molecule is CS(=O)(=O)OCCCNC(=C(C#N)C#N)N1CCC(N2CCCCC2)CC1. The van der Waals surface area contributed by atoms with Gasteiger partial charge in [-0.05, 0) is 45.2 Å². The van der Waals surface area contributed by atoms with Gasteiger partial charge in [-0.3, -0.25) is 4.18 Å². The van der Waals surface area contributed by atoms with Crippen molar-refractivity contribution in [2.45, 2.75) is 44.6 Å². The minimum atomic E-state index is -3.45. The van der Waals surface area contributed by atoms with Crippen molar-refractivity contribution >= 4 is 10.1 Å². The molecule has 2 fully saturated rings. The van der Waals surface area contributed by atoms with E-state index in [0.29, 0.717) is 24.8 Å². The van der Waals surface area contributed by atoms with Crippen LogP contribution in [0.25, 0.3) is 0 Å². The lowest BCUT2D eigenvalue weighted by molar-refractivity contribution is 0.102. The first-order chi connectivity index (χ1) is 12.9. The molecule has 9 heteroatoms. The van der Waals surface area contributed by atoms with E-state index in [9.17, 15) is 18.9 Å². The second-order valence-corrected chi connectivity index (χ2v) is 8.71. The number of hydrogen-bond acceptors (Lipinski definition) is 8. The molecule has 0 aromatic heterocycles. The zero-order valence-electron chi connectivity index (χ0n) is 16.0. The molecule has 0 aromatic rings. The Bertz CT molecular complexity index is 677. The molecule has 0 unspecified atom stereocenters. The molecular weight excluding hydrogens is 366 g/mol. The predicted octanol–water partition coefficient (Wildman–Crippen LogP) is 1.15. The number of hydrogen-bond donors (Lipinski definition) is 1. The second-order valence-electron chi connectivity index (χ2n) is 7.07. The van der Waals surface area contributed by atoms with E-state index in [1.807, 2.05) is 12.1 Å². The number of nitrogens with one attached hydrogen (secondary N) is 1. The van der Waals surface area contributed by atoms with Gasteiger partial charge in [0, 0.05) is 25.7 Å². The summed E-state index contributed by atoms with van der Waals surface area (Å²) in [5.74, 6) is 0.552. The summed E-state index contributed by atoms with van der Waals surface area (Å²) in [6, 6.07) is 4.51. The first-order valence-corrected chi connectivity index (χ1v) is 11.4. The average Bonchev–Trinajstić information content (AvgIpc) is 2.67. The van der Waals surface area contributed by atoms with E-state index in [2.05, 4.69) is 15.1 Å². The minimum Gasteiger partial charge on any atom is -0.370 e. The van der Waals surface area contributed by atoms with Crippen LogP contribution in [-0.4, -0.2) is 69.8 Å². The molecule has 1 N–H and O–H groups in total. The average molecular weight is 396 g/mol. The molecular formula is C18H29N5O3S. The van der Waals surface area contributed by atoms with Crippen LogP contribution in [0.4, 0.5) is 0 Å². The van der Waals surface area contributed by atoms with Crippen molar-refractivity contribution in [1.82, 2.24) is 15.1 Å². The van der Waals surface area contributed by atoms with Crippen molar-refractivity contribution in [3.8, 4) is 12.1 Å². The lowest BCUT2D eigenvalue weighted by Gasteiger charge is -2.41. The molecule has 0 atom stereocenters. The number of allylic oxidation sites excluding steroid dienone is 1. The smallest absolute Gasteiger partial charge is 0.264 e. The molecule has 150 valence electrons. The Labute approximate surface area is 162 Å². The highest BCUT2D eigenvalue weighted by molar-refractivity contribution is 7.85. The van der Waals surface area contributed by atoms with E-state index in [1.54, 1.807) is 0 Å². The van der Waals surface area contributed by atoms with Crippen LogP contribution in [0.1, 0.15) is 38.5 Å². The molecule has 27 heavy (non-hydrogen) atoms. The van der Waals surface area contributed by atoms with Gasteiger partial charge in [0.1, 0.15) is 18.0 Å². The maximum Gasteiger partial charge on any atom is 0.264 e. The number of rotatable bonds is 8. The first-order valence-electron chi connectivity index (χ1n) is 9.56. The highest BCUT2D eigenvalue weighted by atomic mass is 32.2. The third kappa shape index (κ3) is 7.02. The monoisotopic (exact) mass is 395 g/mol. The first kappa shape index (κ1) is 21.5. The molecule has 2 aliphatic rings. The number of nitriles is 2. The fourth-order valence-corrected chi connectivity index (χ4v) is 4.14. The topological polar surface area (TPSA) is 109 Å². The van der Waals surface area contributed by atoms with E-state index in [1.165, 1.54) is 32.4 Å². The van der Waals surface area contributed by atoms with Gasteiger partial charge in [-0.25, -0.2) is 0 Å². The normalized spacial score (nSPS) is 19.1. The summed E-state index contributed by atoms with van der Waals surface area (Å²) in [6.07, 6.45) is 7.39. The van der Waals surface area contributed by atoms with Crippen LogP contribution in [-0.2, 0) is 14.3 Å².